The average Bonchev–Trinajstić information content (AvgIpc) is 3.34. The van der Waals surface area contributed by atoms with Crippen LogP contribution in [0.3, 0.4) is 0 Å². The monoisotopic (exact) mass is 540 g/mol. The summed E-state index contributed by atoms with van der Waals surface area (Å²) >= 11 is 4.07. The van der Waals surface area contributed by atoms with E-state index in [-0.39, 0.29) is 17.1 Å². The molecular weight excluding hydrogens is 524 g/mol. The average molecular weight is 541 g/mol. The number of carbonyl (C=O) groups excluding carboxylic acids is 3. The molecule has 0 saturated carbocycles. The number of amides is 3. The zero-order valence-electron chi connectivity index (χ0n) is 17.5. The minimum Gasteiger partial charge on any atom is -0.343 e. The molecule has 3 amide bonds. The largest absolute Gasteiger partial charge is 0.343 e. The predicted octanol–water partition coefficient (Wildman–Crippen LogP) is 4.88. The van der Waals surface area contributed by atoms with E-state index in [1.807, 2.05) is 0 Å². The summed E-state index contributed by atoms with van der Waals surface area (Å²) in [4.78, 5) is 49.6. The van der Waals surface area contributed by atoms with Crippen LogP contribution >= 0.6 is 27.7 Å². The molecular formula is C23H17BrN4O5S. The molecule has 1 aliphatic heterocycles. The highest BCUT2D eigenvalue weighted by atomic mass is 79.9. The molecule has 2 heterocycles. The van der Waals surface area contributed by atoms with E-state index in [0.717, 1.165) is 16.7 Å². The number of thioether (sulfide) groups is 1. The van der Waals surface area contributed by atoms with E-state index >= 15 is 0 Å². The van der Waals surface area contributed by atoms with Gasteiger partial charge in [0.2, 0.25) is 5.91 Å². The molecule has 0 unspecified atom stereocenters. The highest BCUT2D eigenvalue weighted by Crippen LogP contribution is 2.32. The smallest absolute Gasteiger partial charge is 0.294 e. The molecule has 1 fully saturated rings. The molecule has 4 rings (SSSR count). The van der Waals surface area contributed by atoms with E-state index in [4.69, 9.17) is 0 Å². The molecule has 0 radical (unpaired) electrons. The van der Waals surface area contributed by atoms with Gasteiger partial charge in [0.15, 0.2) is 0 Å². The Bertz CT molecular complexity index is 1340. The number of rotatable bonds is 7. The van der Waals surface area contributed by atoms with Gasteiger partial charge in [-0.25, -0.2) is 0 Å². The molecule has 3 aromatic rings. The van der Waals surface area contributed by atoms with Crippen molar-refractivity contribution in [3.8, 4) is 0 Å². The van der Waals surface area contributed by atoms with Gasteiger partial charge < -0.3 is 9.88 Å². The number of para-hydroxylation sites is 2. The van der Waals surface area contributed by atoms with Crippen LogP contribution in [-0.4, -0.2) is 38.0 Å². The summed E-state index contributed by atoms with van der Waals surface area (Å²) in [6.07, 6.45) is 3.28. The Hall–Kier alpha value is -3.70. The molecule has 1 aliphatic rings. The second kappa shape index (κ2) is 10.1. The van der Waals surface area contributed by atoms with Gasteiger partial charge in [-0.1, -0.05) is 30.3 Å². The molecule has 172 valence electrons. The van der Waals surface area contributed by atoms with Gasteiger partial charge in [0, 0.05) is 28.0 Å². The molecule has 0 aliphatic carbocycles. The summed E-state index contributed by atoms with van der Waals surface area (Å²) < 4.78 is 2.42. The SMILES string of the molecule is O=C(CN1C(=O)S/C(=C/c2cccn2Cc2ccccc2[N+](=O)[O-])C1=O)Nc1ccccc1Br. The molecule has 34 heavy (non-hydrogen) atoms. The van der Waals surface area contributed by atoms with E-state index in [1.165, 1.54) is 6.07 Å². The predicted molar refractivity (Wildman–Crippen MR) is 132 cm³/mol. The first-order valence-electron chi connectivity index (χ1n) is 10.0. The third-order valence-electron chi connectivity index (χ3n) is 5.00. The van der Waals surface area contributed by atoms with Crippen LogP contribution in [-0.2, 0) is 16.1 Å². The van der Waals surface area contributed by atoms with Gasteiger partial charge in [0.25, 0.3) is 16.8 Å². The number of benzene rings is 2. The summed E-state index contributed by atoms with van der Waals surface area (Å²) in [6.45, 7) is -0.200. The topological polar surface area (TPSA) is 115 Å². The number of halogens is 1. The van der Waals surface area contributed by atoms with Crippen LogP contribution in [0.25, 0.3) is 6.08 Å². The van der Waals surface area contributed by atoms with Crippen molar-refractivity contribution in [1.82, 2.24) is 9.47 Å². The number of aromatic nitrogens is 1. The fourth-order valence-electron chi connectivity index (χ4n) is 3.38. The number of nitro groups is 1. The lowest BCUT2D eigenvalue weighted by Gasteiger charge is -2.13. The first kappa shape index (κ1) is 23.5. The quantitative estimate of drug-likeness (QED) is 0.259. The number of hydrogen-bond donors (Lipinski definition) is 1. The van der Waals surface area contributed by atoms with E-state index in [9.17, 15) is 24.5 Å². The van der Waals surface area contributed by atoms with Crippen molar-refractivity contribution in [2.45, 2.75) is 6.54 Å². The van der Waals surface area contributed by atoms with Crippen LogP contribution in [0.4, 0.5) is 16.2 Å². The van der Waals surface area contributed by atoms with Crippen LogP contribution in [0.2, 0.25) is 0 Å². The maximum absolute atomic E-state index is 12.8. The Morgan fingerprint density at radius 3 is 2.59 bits per heavy atom. The van der Waals surface area contributed by atoms with Crippen molar-refractivity contribution in [2.75, 3.05) is 11.9 Å². The molecule has 2 aromatic carbocycles. The molecule has 0 atom stereocenters. The van der Waals surface area contributed by atoms with Crippen molar-refractivity contribution >= 4 is 62.2 Å². The third-order valence-corrected chi connectivity index (χ3v) is 6.59. The van der Waals surface area contributed by atoms with E-state index < -0.39 is 28.5 Å². The molecule has 0 spiro atoms. The van der Waals surface area contributed by atoms with Gasteiger partial charge in [-0.15, -0.1) is 0 Å². The lowest BCUT2D eigenvalue weighted by atomic mass is 10.2. The first-order valence-corrected chi connectivity index (χ1v) is 11.6. The summed E-state index contributed by atoms with van der Waals surface area (Å²) in [6, 6.07) is 16.9. The lowest BCUT2D eigenvalue weighted by molar-refractivity contribution is -0.385. The van der Waals surface area contributed by atoms with Gasteiger partial charge in [0.1, 0.15) is 6.54 Å². The van der Waals surface area contributed by atoms with Crippen LogP contribution in [0.1, 0.15) is 11.3 Å². The minimum absolute atomic E-state index is 0.00135. The molecule has 11 heteroatoms. The van der Waals surface area contributed by atoms with Gasteiger partial charge in [-0.05, 0) is 58.0 Å². The van der Waals surface area contributed by atoms with Crippen molar-refractivity contribution in [2.24, 2.45) is 0 Å². The summed E-state index contributed by atoms with van der Waals surface area (Å²) in [5, 5.41) is 13.4. The van der Waals surface area contributed by atoms with E-state index in [1.54, 1.807) is 71.4 Å². The second-order valence-corrected chi connectivity index (χ2v) is 9.09. The number of imide groups is 1. The maximum atomic E-state index is 12.8. The number of nitrogens with zero attached hydrogens (tertiary/aromatic N) is 3. The molecule has 1 aromatic heterocycles. The van der Waals surface area contributed by atoms with Crippen molar-refractivity contribution in [1.29, 1.82) is 0 Å². The Morgan fingerprint density at radius 1 is 1.09 bits per heavy atom. The highest BCUT2D eigenvalue weighted by molar-refractivity contribution is 9.10. The number of hydrogen-bond acceptors (Lipinski definition) is 6. The Labute approximate surface area is 206 Å². The zero-order chi connectivity index (χ0) is 24.2. The van der Waals surface area contributed by atoms with Gasteiger partial charge >= 0.3 is 0 Å². The Morgan fingerprint density at radius 2 is 1.82 bits per heavy atom. The third kappa shape index (κ3) is 5.10. The van der Waals surface area contributed by atoms with Gasteiger partial charge in [-0.2, -0.15) is 0 Å². The normalized spacial score (nSPS) is 14.6. The minimum atomic E-state index is -0.573. The van der Waals surface area contributed by atoms with Crippen LogP contribution in [0.5, 0.6) is 0 Å². The van der Waals surface area contributed by atoms with Crippen molar-refractivity contribution in [3.05, 3.63) is 97.6 Å². The van der Waals surface area contributed by atoms with E-state index in [2.05, 4.69) is 21.2 Å². The van der Waals surface area contributed by atoms with Gasteiger partial charge in [-0.3, -0.25) is 29.4 Å². The number of carbonyl (C=O) groups is 3. The summed E-state index contributed by atoms with van der Waals surface area (Å²) in [5.41, 5.74) is 1.64. The number of nitrogens with one attached hydrogen (secondary N) is 1. The van der Waals surface area contributed by atoms with Crippen LogP contribution < -0.4 is 5.32 Å². The fourth-order valence-corrected chi connectivity index (χ4v) is 4.58. The fraction of sp³-hybridized carbons (Fsp3) is 0.0870. The zero-order valence-corrected chi connectivity index (χ0v) is 19.9. The summed E-state index contributed by atoms with van der Waals surface area (Å²) in [5.74, 6) is -1.08. The maximum Gasteiger partial charge on any atom is 0.294 e. The molecule has 0 bridgehead atoms. The Balaban J connectivity index is 1.49. The standard InChI is InChI=1S/C23H17BrN4O5S/c24-17-8-2-3-9-18(17)25-21(29)14-27-22(30)20(34-23(27)31)12-16-7-5-11-26(16)13-15-6-1-4-10-19(15)28(32)33/h1-12H,13-14H2,(H,25,29)/b20-12+. The number of nitro benzene ring substituents is 1. The molecule has 9 nitrogen and oxygen atoms in total. The molecule has 1 saturated heterocycles. The van der Waals surface area contributed by atoms with Crippen molar-refractivity contribution < 1.29 is 19.3 Å². The Kier molecular flexibility index (Phi) is 6.94. The summed E-state index contributed by atoms with van der Waals surface area (Å²) in [7, 11) is 0. The second-order valence-electron chi connectivity index (χ2n) is 7.24. The van der Waals surface area contributed by atoms with Crippen LogP contribution in [0.15, 0.2) is 76.2 Å². The van der Waals surface area contributed by atoms with E-state index in [0.29, 0.717) is 21.4 Å². The molecule has 1 N–H and O–H groups in total. The number of anilines is 1. The van der Waals surface area contributed by atoms with Gasteiger partial charge in [0.05, 0.1) is 22.1 Å². The van der Waals surface area contributed by atoms with Crippen molar-refractivity contribution in [3.63, 3.8) is 0 Å². The first-order chi connectivity index (χ1) is 16.3. The lowest BCUT2D eigenvalue weighted by Crippen LogP contribution is -2.36. The highest BCUT2D eigenvalue weighted by Gasteiger charge is 2.36. The van der Waals surface area contributed by atoms with Crippen LogP contribution in [0, 0.1) is 10.1 Å².